The number of benzene rings is 2. The Balaban J connectivity index is 1.62. The summed E-state index contributed by atoms with van der Waals surface area (Å²) >= 11 is 11.9. The van der Waals surface area contributed by atoms with Gasteiger partial charge < -0.3 is 16.0 Å². The lowest BCUT2D eigenvalue weighted by molar-refractivity contribution is -0.114. The van der Waals surface area contributed by atoms with Crippen LogP contribution in [0.1, 0.15) is 23.2 Å². The Labute approximate surface area is 155 Å². The number of hydrogen-bond acceptors (Lipinski definition) is 3. The van der Waals surface area contributed by atoms with Gasteiger partial charge >= 0.3 is 0 Å². The number of hydrogen-bond donors (Lipinski definition) is 3. The summed E-state index contributed by atoms with van der Waals surface area (Å²) in [6, 6.07) is 12.2. The minimum atomic E-state index is -0.290. The Morgan fingerprint density at radius 1 is 1.04 bits per heavy atom. The van der Waals surface area contributed by atoms with Gasteiger partial charge in [-0.2, -0.15) is 0 Å². The van der Waals surface area contributed by atoms with E-state index in [1.54, 1.807) is 36.4 Å². The van der Waals surface area contributed by atoms with Crippen LogP contribution in [0.2, 0.25) is 10.0 Å². The summed E-state index contributed by atoms with van der Waals surface area (Å²) in [5, 5.41) is 9.51. The van der Waals surface area contributed by atoms with E-state index in [0.717, 1.165) is 12.8 Å². The van der Waals surface area contributed by atoms with Crippen LogP contribution in [0.25, 0.3) is 0 Å². The molecule has 0 bridgehead atoms. The SMILES string of the molecule is O=C(CNc1ccccc1C(=O)NC1CC1)Nc1cc(Cl)ccc1Cl. The molecule has 1 aliphatic rings. The Kier molecular flexibility index (Phi) is 5.46. The standard InChI is InChI=1S/C18H17Cl2N3O2/c19-11-5-8-14(20)16(9-11)23-17(24)10-21-15-4-2-1-3-13(15)18(25)22-12-6-7-12/h1-5,8-9,12,21H,6-7,10H2,(H,22,25)(H,23,24). The normalized spacial score (nSPS) is 13.2. The van der Waals surface area contributed by atoms with Crippen LogP contribution in [0.5, 0.6) is 0 Å². The lowest BCUT2D eigenvalue weighted by atomic mass is 10.1. The molecule has 2 aromatic rings. The highest BCUT2D eigenvalue weighted by atomic mass is 35.5. The smallest absolute Gasteiger partial charge is 0.253 e. The summed E-state index contributed by atoms with van der Waals surface area (Å²) in [6.07, 6.45) is 2.04. The van der Waals surface area contributed by atoms with E-state index in [9.17, 15) is 9.59 Å². The number of carbonyl (C=O) groups is 2. The van der Waals surface area contributed by atoms with Crippen molar-refractivity contribution in [1.82, 2.24) is 5.32 Å². The van der Waals surface area contributed by atoms with Gasteiger partial charge in [-0.15, -0.1) is 0 Å². The van der Waals surface area contributed by atoms with Gasteiger partial charge in [0.1, 0.15) is 0 Å². The summed E-state index contributed by atoms with van der Waals surface area (Å²) in [4.78, 5) is 24.4. The van der Waals surface area contributed by atoms with Crippen LogP contribution < -0.4 is 16.0 Å². The highest BCUT2D eigenvalue weighted by molar-refractivity contribution is 6.35. The first kappa shape index (κ1) is 17.6. The Morgan fingerprint density at radius 3 is 2.56 bits per heavy atom. The third-order valence-electron chi connectivity index (χ3n) is 3.73. The van der Waals surface area contributed by atoms with E-state index in [0.29, 0.717) is 27.0 Å². The van der Waals surface area contributed by atoms with E-state index in [4.69, 9.17) is 23.2 Å². The third kappa shape index (κ3) is 4.87. The van der Waals surface area contributed by atoms with Crippen molar-refractivity contribution in [2.24, 2.45) is 0 Å². The fourth-order valence-corrected chi connectivity index (χ4v) is 2.63. The zero-order valence-electron chi connectivity index (χ0n) is 13.3. The topological polar surface area (TPSA) is 70.2 Å². The molecule has 7 heteroatoms. The van der Waals surface area contributed by atoms with Crippen molar-refractivity contribution < 1.29 is 9.59 Å². The van der Waals surface area contributed by atoms with Crippen molar-refractivity contribution in [1.29, 1.82) is 0 Å². The van der Waals surface area contributed by atoms with Crippen molar-refractivity contribution in [3.8, 4) is 0 Å². The van der Waals surface area contributed by atoms with Crippen LogP contribution in [0.15, 0.2) is 42.5 Å². The fraction of sp³-hybridized carbons (Fsp3) is 0.222. The van der Waals surface area contributed by atoms with Gasteiger partial charge in [0, 0.05) is 16.8 Å². The van der Waals surface area contributed by atoms with Crippen molar-refractivity contribution in [2.45, 2.75) is 18.9 Å². The maximum atomic E-state index is 12.2. The molecule has 3 N–H and O–H groups in total. The highest BCUT2D eigenvalue weighted by Gasteiger charge is 2.24. The molecule has 0 atom stereocenters. The molecule has 0 heterocycles. The van der Waals surface area contributed by atoms with Crippen molar-refractivity contribution in [3.63, 3.8) is 0 Å². The van der Waals surface area contributed by atoms with Crippen LogP contribution in [-0.2, 0) is 4.79 Å². The summed E-state index contributed by atoms with van der Waals surface area (Å²) in [5.41, 5.74) is 1.57. The summed E-state index contributed by atoms with van der Waals surface area (Å²) < 4.78 is 0. The van der Waals surface area contributed by atoms with Gasteiger partial charge in [-0.05, 0) is 43.2 Å². The molecule has 0 unspecified atom stereocenters. The predicted molar refractivity (Wildman–Crippen MR) is 101 cm³/mol. The minimum Gasteiger partial charge on any atom is -0.376 e. The number of nitrogens with one attached hydrogen (secondary N) is 3. The van der Waals surface area contributed by atoms with E-state index >= 15 is 0 Å². The van der Waals surface area contributed by atoms with E-state index in [-0.39, 0.29) is 24.4 Å². The van der Waals surface area contributed by atoms with Crippen LogP contribution >= 0.6 is 23.2 Å². The molecule has 2 aromatic carbocycles. The molecule has 1 saturated carbocycles. The molecule has 0 aromatic heterocycles. The number of para-hydroxylation sites is 1. The van der Waals surface area contributed by atoms with Gasteiger partial charge in [0.05, 0.1) is 22.8 Å². The van der Waals surface area contributed by atoms with Gasteiger partial charge in [-0.3, -0.25) is 9.59 Å². The second-order valence-corrected chi connectivity index (χ2v) is 6.66. The second-order valence-electron chi connectivity index (χ2n) is 5.82. The zero-order valence-corrected chi connectivity index (χ0v) is 14.8. The Bertz CT molecular complexity index is 807. The molecule has 0 spiro atoms. The molecule has 0 aliphatic heterocycles. The first-order valence-corrected chi connectivity index (χ1v) is 8.67. The third-order valence-corrected chi connectivity index (χ3v) is 4.29. The molecule has 0 saturated heterocycles. The van der Waals surface area contributed by atoms with Crippen molar-refractivity contribution >= 4 is 46.4 Å². The van der Waals surface area contributed by atoms with E-state index in [2.05, 4.69) is 16.0 Å². The van der Waals surface area contributed by atoms with Crippen LogP contribution in [-0.4, -0.2) is 24.4 Å². The first-order valence-electron chi connectivity index (χ1n) is 7.91. The predicted octanol–water partition coefficient (Wildman–Crippen LogP) is 3.94. The van der Waals surface area contributed by atoms with E-state index in [1.807, 2.05) is 6.07 Å². The molecule has 1 fully saturated rings. The highest BCUT2D eigenvalue weighted by Crippen LogP contribution is 2.25. The summed E-state index contributed by atoms with van der Waals surface area (Å²) in [5.74, 6) is -0.425. The molecule has 3 rings (SSSR count). The summed E-state index contributed by atoms with van der Waals surface area (Å²) in [6.45, 7) is -0.00341. The molecule has 1 aliphatic carbocycles. The number of anilines is 2. The molecule has 25 heavy (non-hydrogen) atoms. The molecular weight excluding hydrogens is 361 g/mol. The lowest BCUT2D eigenvalue weighted by Gasteiger charge is -2.12. The van der Waals surface area contributed by atoms with Crippen molar-refractivity contribution in [3.05, 3.63) is 58.1 Å². The van der Waals surface area contributed by atoms with E-state index < -0.39 is 0 Å². The average Bonchev–Trinajstić information content (AvgIpc) is 3.40. The number of carbonyl (C=O) groups excluding carboxylic acids is 2. The Hall–Kier alpha value is -2.24. The lowest BCUT2D eigenvalue weighted by Crippen LogP contribution is -2.27. The van der Waals surface area contributed by atoms with Gasteiger partial charge in [-0.25, -0.2) is 0 Å². The molecule has 5 nitrogen and oxygen atoms in total. The number of halogens is 2. The molecular formula is C18H17Cl2N3O2. The Morgan fingerprint density at radius 2 is 1.80 bits per heavy atom. The molecule has 0 radical (unpaired) electrons. The van der Waals surface area contributed by atoms with Crippen LogP contribution in [0, 0.1) is 0 Å². The quantitative estimate of drug-likeness (QED) is 0.713. The van der Waals surface area contributed by atoms with Gasteiger partial charge in [0.25, 0.3) is 5.91 Å². The first-order chi connectivity index (χ1) is 12.0. The molecule has 2 amide bonds. The monoisotopic (exact) mass is 377 g/mol. The number of rotatable bonds is 6. The van der Waals surface area contributed by atoms with Gasteiger partial charge in [0.15, 0.2) is 0 Å². The van der Waals surface area contributed by atoms with Gasteiger partial charge in [-0.1, -0.05) is 35.3 Å². The van der Waals surface area contributed by atoms with Crippen molar-refractivity contribution in [2.75, 3.05) is 17.2 Å². The minimum absolute atomic E-state index is 0.00341. The fourth-order valence-electron chi connectivity index (χ4n) is 2.29. The van der Waals surface area contributed by atoms with E-state index in [1.165, 1.54) is 0 Å². The van der Waals surface area contributed by atoms with Gasteiger partial charge in [0.2, 0.25) is 5.91 Å². The maximum Gasteiger partial charge on any atom is 0.253 e. The van der Waals surface area contributed by atoms with Crippen LogP contribution in [0.3, 0.4) is 0 Å². The second kappa shape index (κ2) is 7.76. The largest absolute Gasteiger partial charge is 0.376 e. The van der Waals surface area contributed by atoms with Crippen LogP contribution in [0.4, 0.5) is 11.4 Å². The average molecular weight is 378 g/mol. The summed E-state index contributed by atoms with van der Waals surface area (Å²) in [7, 11) is 0. The molecule has 130 valence electrons. The zero-order chi connectivity index (χ0) is 17.8. The number of amides is 2. The maximum absolute atomic E-state index is 12.2.